The van der Waals surface area contributed by atoms with E-state index in [2.05, 4.69) is 9.97 Å². The van der Waals surface area contributed by atoms with E-state index in [1.807, 2.05) is 29.6 Å². The van der Waals surface area contributed by atoms with Crippen LogP contribution in [0.4, 0.5) is 16.3 Å². The molecule has 11 heteroatoms. The molecule has 1 aromatic carbocycles. The Morgan fingerprint density at radius 3 is 2.76 bits per heavy atom. The van der Waals surface area contributed by atoms with Gasteiger partial charge in [-0.2, -0.15) is 0 Å². The molecule has 0 aliphatic rings. The first-order valence-corrected chi connectivity index (χ1v) is 9.59. The van der Waals surface area contributed by atoms with E-state index in [1.54, 1.807) is 26.2 Å². The van der Waals surface area contributed by atoms with E-state index in [0.717, 1.165) is 29.1 Å². The zero-order chi connectivity index (χ0) is 19.2. The van der Waals surface area contributed by atoms with Crippen LogP contribution in [0.5, 0.6) is 5.88 Å². The summed E-state index contributed by atoms with van der Waals surface area (Å²) >= 11 is 1.50. The number of benzene rings is 1. The first-order chi connectivity index (χ1) is 13.1. The van der Waals surface area contributed by atoms with Crippen LogP contribution in [0.3, 0.4) is 0 Å². The number of nitrogens with zero attached hydrogens (tertiary/aromatic N) is 2. The summed E-state index contributed by atoms with van der Waals surface area (Å²) < 4.78 is 11.9. The van der Waals surface area contributed by atoms with E-state index in [-0.39, 0.29) is 24.8 Å². The van der Waals surface area contributed by atoms with Gasteiger partial charge < -0.3 is 40.0 Å². The Balaban J connectivity index is 0.00000210. The number of hydrogen-bond donors (Lipinski definition) is 2. The van der Waals surface area contributed by atoms with Crippen molar-refractivity contribution in [3.8, 4) is 5.88 Å². The Kier molecular flexibility index (Phi) is 10.0. The van der Waals surface area contributed by atoms with E-state index in [4.69, 9.17) is 15.2 Å². The van der Waals surface area contributed by atoms with Crippen LogP contribution < -0.4 is 45.6 Å². The average Bonchev–Trinajstić information content (AvgIpc) is 3.05. The van der Waals surface area contributed by atoms with Crippen LogP contribution >= 0.6 is 11.8 Å². The number of carbonyl (C=O) groups is 1. The lowest BCUT2D eigenvalue weighted by molar-refractivity contribution is -0.644. The third kappa shape index (κ3) is 5.89. The fraction of sp³-hybridized carbons (Fsp3) is 0.278. The monoisotopic (exact) mass is 459 g/mol. The molecule has 3 aromatic rings. The first-order valence-electron chi connectivity index (χ1n) is 8.60. The maximum atomic E-state index is 12.4. The van der Waals surface area contributed by atoms with Crippen molar-refractivity contribution >= 4 is 40.4 Å². The molecule has 0 saturated carbocycles. The summed E-state index contributed by atoms with van der Waals surface area (Å²) in [7, 11) is 1.60. The molecule has 0 spiro atoms. The van der Waals surface area contributed by atoms with Crippen molar-refractivity contribution in [1.82, 2.24) is 9.55 Å². The second-order valence-corrected chi connectivity index (χ2v) is 6.72. The molecular weight excluding hydrogens is 437 g/mol. The number of rotatable bonds is 7. The van der Waals surface area contributed by atoms with Gasteiger partial charge in [0.05, 0.1) is 43.1 Å². The van der Waals surface area contributed by atoms with E-state index in [9.17, 15) is 4.79 Å². The Bertz CT molecular complexity index is 954. The highest BCUT2D eigenvalue weighted by Gasteiger charge is 2.19. The van der Waals surface area contributed by atoms with Crippen molar-refractivity contribution in [3.05, 3.63) is 36.4 Å². The van der Waals surface area contributed by atoms with Gasteiger partial charge in [-0.15, -0.1) is 4.98 Å². The number of aromatic nitrogens is 3. The zero-order valence-electron chi connectivity index (χ0n) is 16.0. The minimum absolute atomic E-state index is 0. The molecule has 0 saturated heterocycles. The summed E-state index contributed by atoms with van der Waals surface area (Å²) in [5.41, 5.74) is 8.14. The maximum absolute atomic E-state index is 12.4. The lowest BCUT2D eigenvalue weighted by Crippen LogP contribution is -3.00. The number of anilines is 1. The fourth-order valence-corrected chi connectivity index (χ4v) is 3.49. The molecule has 158 valence electrons. The van der Waals surface area contributed by atoms with Crippen LogP contribution in [0.15, 0.2) is 41.6 Å². The number of ether oxygens (including phenoxy) is 2. The molecule has 0 unspecified atom stereocenters. The number of methoxy groups -OCH3 is 1. The molecule has 0 radical (unpaired) electrons. The molecular formula is C18H23Cl2N5O3S. The van der Waals surface area contributed by atoms with Crippen molar-refractivity contribution in [2.45, 2.75) is 12.1 Å². The van der Waals surface area contributed by atoms with Gasteiger partial charge >= 0.3 is 17.8 Å². The van der Waals surface area contributed by atoms with Gasteiger partial charge in [0, 0.05) is 0 Å². The maximum Gasteiger partial charge on any atom is 0.420 e. The molecule has 2 aromatic heterocycles. The van der Waals surface area contributed by atoms with Crippen LogP contribution in [0.2, 0.25) is 0 Å². The van der Waals surface area contributed by atoms with Gasteiger partial charge in [-0.05, 0) is 25.1 Å². The van der Waals surface area contributed by atoms with Crippen LogP contribution in [-0.4, -0.2) is 41.7 Å². The van der Waals surface area contributed by atoms with E-state index >= 15 is 0 Å². The molecule has 0 aliphatic carbocycles. The van der Waals surface area contributed by atoms with Crippen LogP contribution in [0.25, 0.3) is 11.0 Å². The number of carbonyl (C=O) groups excluding carboxylic acids is 1. The molecule has 0 aliphatic heterocycles. The van der Waals surface area contributed by atoms with Gasteiger partial charge in [0.15, 0.2) is 10.8 Å². The number of nitrogen functional groups attached to an aromatic ring is 1. The largest absolute Gasteiger partial charge is 1.00 e. The third-order valence-corrected chi connectivity index (χ3v) is 4.85. The summed E-state index contributed by atoms with van der Waals surface area (Å²) in [6, 6.07) is 11.1. The van der Waals surface area contributed by atoms with Gasteiger partial charge in [-0.3, -0.25) is 5.32 Å². The first kappa shape index (κ1) is 24.8. The summed E-state index contributed by atoms with van der Waals surface area (Å²) in [6.07, 6.45) is -0.414. The predicted octanol–water partition coefficient (Wildman–Crippen LogP) is -4.56. The predicted molar refractivity (Wildman–Crippen MR) is 103 cm³/mol. The highest BCUT2D eigenvalue weighted by atomic mass is 35.5. The van der Waals surface area contributed by atoms with Crippen LogP contribution in [-0.2, 0) is 4.74 Å². The minimum Gasteiger partial charge on any atom is -1.00 e. The quantitative estimate of drug-likeness (QED) is 0.272. The smallest absolute Gasteiger partial charge is 0.420 e. The summed E-state index contributed by atoms with van der Waals surface area (Å²) in [5, 5.41) is 2.62. The van der Waals surface area contributed by atoms with Crippen molar-refractivity contribution in [2.24, 2.45) is 0 Å². The molecule has 0 bridgehead atoms. The number of pyridine rings is 1. The van der Waals surface area contributed by atoms with E-state index < -0.39 is 6.09 Å². The molecule has 0 atom stereocenters. The van der Waals surface area contributed by atoms with Gasteiger partial charge in [-0.1, -0.05) is 23.9 Å². The second kappa shape index (κ2) is 11.7. The molecule has 0 fully saturated rings. The number of nitrogens with two attached hydrogens (primary N) is 2. The Hall–Kier alpha value is -2.20. The van der Waals surface area contributed by atoms with Crippen LogP contribution in [0, 0.1) is 0 Å². The van der Waals surface area contributed by atoms with Crippen molar-refractivity contribution in [1.29, 1.82) is 0 Å². The van der Waals surface area contributed by atoms with Gasteiger partial charge in [0.1, 0.15) is 0 Å². The number of hydrogen-bond acceptors (Lipinski definition) is 6. The Morgan fingerprint density at radius 1 is 1.28 bits per heavy atom. The van der Waals surface area contributed by atoms with Crippen LogP contribution in [0.1, 0.15) is 6.92 Å². The molecule has 0 amide bonds. The number of halogens is 2. The topological polar surface area (TPSA) is 110 Å². The van der Waals surface area contributed by atoms with Crippen molar-refractivity contribution < 1.29 is 49.4 Å². The third-order valence-electron chi connectivity index (χ3n) is 3.88. The normalized spacial score (nSPS) is 10.1. The number of H-pyrrole nitrogens is 1. The van der Waals surface area contributed by atoms with Gasteiger partial charge in [0.25, 0.3) is 0 Å². The number of thioether (sulfide) groups is 1. The number of nitrogens with one attached hydrogen (secondary N) is 1. The van der Waals surface area contributed by atoms with E-state index in [1.165, 1.54) is 16.3 Å². The second-order valence-electron chi connectivity index (χ2n) is 5.65. The lowest BCUT2D eigenvalue weighted by Gasteiger charge is -2.06. The Labute approximate surface area is 185 Å². The number of fused-ring (bicyclic) bond motifs is 1. The number of aromatic amines is 1. The van der Waals surface area contributed by atoms with Gasteiger partial charge in [-0.25, -0.2) is 14.3 Å². The fourth-order valence-electron chi connectivity index (χ4n) is 2.61. The van der Waals surface area contributed by atoms with Gasteiger partial charge in [0.2, 0.25) is 0 Å². The summed E-state index contributed by atoms with van der Waals surface area (Å²) in [4.78, 5) is 20.0. The summed E-state index contributed by atoms with van der Waals surface area (Å²) in [5.74, 6) is 2.19. The van der Waals surface area contributed by atoms with Crippen molar-refractivity contribution in [3.63, 3.8) is 0 Å². The van der Waals surface area contributed by atoms with Crippen molar-refractivity contribution in [2.75, 3.05) is 31.7 Å². The number of imidazole rings is 1. The molecule has 2 heterocycles. The zero-order valence-corrected chi connectivity index (χ0v) is 18.4. The molecule has 8 nitrogen and oxygen atoms in total. The number of quaternary nitrogens is 1. The molecule has 3 rings (SSSR count). The molecule has 29 heavy (non-hydrogen) atoms. The van der Waals surface area contributed by atoms with E-state index in [0.29, 0.717) is 23.3 Å². The number of para-hydroxylation sites is 2. The Morgan fingerprint density at radius 2 is 2.03 bits per heavy atom. The molecule has 5 N–H and O–H groups in total. The standard InChI is InChI=1S/C18H21N5O3S.2ClH/c1-3-26-18(24)23-14-7-5-4-6-13(14)21-17(23)27-11-10-20-16-12(19)8-9-15(22-16)25-2;;/h4-9H,3,10-11,19H2,1-2H3,(H,20,22);2*1H. The highest BCUT2D eigenvalue weighted by Crippen LogP contribution is 2.24. The average molecular weight is 460 g/mol. The summed E-state index contributed by atoms with van der Waals surface area (Å²) in [6.45, 7) is 2.84. The SMILES string of the molecule is CCOC(=O)n1c(SCC[NH2+]c2[nH+]c(OC)ccc2N)nc2ccccc21.[Cl-].[Cl-]. The highest BCUT2D eigenvalue weighted by molar-refractivity contribution is 7.99. The minimum atomic E-state index is -0.414. The lowest BCUT2D eigenvalue weighted by atomic mass is 10.3.